The molecule has 0 aromatic heterocycles. The zero-order valence-electron chi connectivity index (χ0n) is 15.7. The minimum Gasteiger partial charge on any atom is -0.393 e. The highest BCUT2D eigenvalue weighted by Gasteiger charge is 2.61. The van der Waals surface area contributed by atoms with Crippen molar-refractivity contribution in [2.24, 2.45) is 40.4 Å². The van der Waals surface area contributed by atoms with Crippen molar-refractivity contribution in [3.8, 4) is 0 Å². The second-order valence-electron chi connectivity index (χ2n) is 10.0. The van der Waals surface area contributed by atoms with E-state index in [4.69, 9.17) is 4.74 Å². The molecule has 0 heterocycles. The fourth-order valence-electron chi connectivity index (χ4n) is 7.85. The number of fused-ring (bicyclic) bond motifs is 5. The predicted molar refractivity (Wildman–Crippen MR) is 94.5 cm³/mol. The van der Waals surface area contributed by atoms with Crippen molar-refractivity contribution in [1.29, 1.82) is 0 Å². The Labute approximate surface area is 147 Å². The molecule has 4 fully saturated rings. The normalized spacial score (nSPS) is 57.1. The molecule has 9 atom stereocenters. The quantitative estimate of drug-likeness (QED) is 0.810. The lowest BCUT2D eigenvalue weighted by Gasteiger charge is -2.62. The lowest BCUT2D eigenvalue weighted by molar-refractivity contribution is -0.162. The molecule has 0 aromatic carbocycles. The van der Waals surface area contributed by atoms with Crippen LogP contribution < -0.4 is 0 Å². The maximum atomic E-state index is 10.6. The zero-order valence-corrected chi connectivity index (χ0v) is 15.7. The SMILES string of the molecule is COCC1CC2[C@@H]3CCC(O)C3(C)CC[C@@H]2C2(C)CCC(O)CC12. The monoisotopic (exact) mass is 336 g/mol. The van der Waals surface area contributed by atoms with Crippen molar-refractivity contribution >= 4 is 0 Å². The van der Waals surface area contributed by atoms with Crippen LogP contribution in [0.3, 0.4) is 0 Å². The fraction of sp³-hybridized carbons (Fsp3) is 1.00. The summed E-state index contributed by atoms with van der Waals surface area (Å²) >= 11 is 0. The fourth-order valence-corrected chi connectivity index (χ4v) is 7.85. The molecule has 2 N–H and O–H groups in total. The summed E-state index contributed by atoms with van der Waals surface area (Å²) in [7, 11) is 1.83. The molecule has 24 heavy (non-hydrogen) atoms. The standard InChI is InChI=1S/C21H36O3/c1-20-8-6-14(22)11-18(20)13(12-24-3)10-15-16-4-5-19(23)21(16,2)9-7-17(15)20/h13-19,22-23H,4-12H2,1-3H3/t13?,14?,15?,16-,17-,18?,19?,20?,21?/m0/s1. The summed E-state index contributed by atoms with van der Waals surface area (Å²) in [6.45, 7) is 5.72. The van der Waals surface area contributed by atoms with Gasteiger partial charge in [0.1, 0.15) is 0 Å². The number of methoxy groups -OCH3 is 1. The Kier molecular flexibility index (Phi) is 4.29. The summed E-state index contributed by atoms with van der Waals surface area (Å²) in [6, 6.07) is 0. The van der Waals surface area contributed by atoms with Gasteiger partial charge in [0.05, 0.1) is 12.2 Å². The first kappa shape index (κ1) is 17.3. The van der Waals surface area contributed by atoms with Crippen LogP contribution in [0.4, 0.5) is 0 Å². The highest BCUT2D eigenvalue weighted by atomic mass is 16.5. The second-order valence-corrected chi connectivity index (χ2v) is 10.0. The maximum absolute atomic E-state index is 10.6. The molecule has 0 radical (unpaired) electrons. The molecule has 138 valence electrons. The van der Waals surface area contributed by atoms with E-state index in [0.29, 0.717) is 23.2 Å². The predicted octanol–water partition coefficient (Wildman–Crippen LogP) is 3.62. The van der Waals surface area contributed by atoms with Crippen LogP contribution in [0, 0.1) is 40.4 Å². The van der Waals surface area contributed by atoms with Gasteiger partial charge < -0.3 is 14.9 Å². The van der Waals surface area contributed by atoms with Gasteiger partial charge in [0.25, 0.3) is 0 Å². The number of ether oxygens (including phenoxy) is 1. The van der Waals surface area contributed by atoms with E-state index in [9.17, 15) is 10.2 Å². The van der Waals surface area contributed by atoms with Gasteiger partial charge in [0.2, 0.25) is 0 Å². The van der Waals surface area contributed by atoms with E-state index >= 15 is 0 Å². The van der Waals surface area contributed by atoms with E-state index in [1.807, 2.05) is 7.11 Å². The van der Waals surface area contributed by atoms with Crippen LogP contribution in [0.15, 0.2) is 0 Å². The summed E-state index contributed by atoms with van der Waals surface area (Å²) in [5.41, 5.74) is 0.510. The third kappa shape index (κ3) is 2.34. The van der Waals surface area contributed by atoms with Gasteiger partial charge in [-0.15, -0.1) is 0 Å². The average Bonchev–Trinajstić information content (AvgIpc) is 2.85. The lowest BCUT2D eigenvalue weighted by atomic mass is 9.43. The second kappa shape index (κ2) is 5.96. The summed E-state index contributed by atoms with van der Waals surface area (Å²) in [6.07, 6.45) is 8.84. The molecule has 4 saturated carbocycles. The van der Waals surface area contributed by atoms with Gasteiger partial charge in [0, 0.05) is 13.7 Å². The van der Waals surface area contributed by atoms with Crippen LogP contribution in [0.25, 0.3) is 0 Å². The minimum absolute atomic E-state index is 0.0944. The van der Waals surface area contributed by atoms with Crippen LogP contribution >= 0.6 is 0 Å². The van der Waals surface area contributed by atoms with Crippen LogP contribution in [0.5, 0.6) is 0 Å². The van der Waals surface area contributed by atoms with Gasteiger partial charge in [-0.3, -0.25) is 0 Å². The maximum Gasteiger partial charge on any atom is 0.0596 e. The first-order valence-electron chi connectivity index (χ1n) is 10.2. The van der Waals surface area contributed by atoms with E-state index < -0.39 is 0 Å². The Morgan fingerprint density at radius 1 is 0.875 bits per heavy atom. The van der Waals surface area contributed by atoms with Crippen molar-refractivity contribution in [3.63, 3.8) is 0 Å². The van der Waals surface area contributed by atoms with E-state index in [1.165, 1.54) is 32.1 Å². The van der Waals surface area contributed by atoms with Gasteiger partial charge >= 0.3 is 0 Å². The van der Waals surface area contributed by atoms with Crippen molar-refractivity contribution in [2.75, 3.05) is 13.7 Å². The average molecular weight is 337 g/mol. The summed E-state index contributed by atoms with van der Waals surface area (Å²) in [4.78, 5) is 0. The Morgan fingerprint density at radius 3 is 2.33 bits per heavy atom. The third-order valence-electron chi connectivity index (χ3n) is 9.15. The first-order valence-corrected chi connectivity index (χ1v) is 10.2. The number of aliphatic hydroxyl groups excluding tert-OH is 2. The lowest BCUT2D eigenvalue weighted by Crippen LogP contribution is -2.57. The Morgan fingerprint density at radius 2 is 1.58 bits per heavy atom. The topological polar surface area (TPSA) is 49.7 Å². The number of aliphatic hydroxyl groups is 2. The molecule has 7 unspecified atom stereocenters. The summed E-state index contributed by atoms with van der Waals surface area (Å²) < 4.78 is 5.62. The van der Waals surface area contributed by atoms with Gasteiger partial charge in [-0.25, -0.2) is 0 Å². The van der Waals surface area contributed by atoms with Gasteiger partial charge in [-0.2, -0.15) is 0 Å². The third-order valence-corrected chi connectivity index (χ3v) is 9.15. The van der Waals surface area contributed by atoms with E-state index in [-0.39, 0.29) is 17.6 Å². The molecule has 4 aliphatic rings. The zero-order chi connectivity index (χ0) is 17.1. The molecule has 0 saturated heterocycles. The van der Waals surface area contributed by atoms with Crippen molar-refractivity contribution in [1.82, 2.24) is 0 Å². The van der Waals surface area contributed by atoms with Gasteiger partial charge in [0.15, 0.2) is 0 Å². The van der Waals surface area contributed by atoms with Crippen LogP contribution in [0.1, 0.15) is 65.2 Å². The number of rotatable bonds is 2. The molecule has 4 aliphatic carbocycles. The molecular formula is C21H36O3. The van der Waals surface area contributed by atoms with Crippen LogP contribution in [0.2, 0.25) is 0 Å². The summed E-state index contributed by atoms with van der Waals surface area (Å²) in [5.74, 6) is 3.41. The van der Waals surface area contributed by atoms with E-state index in [1.54, 1.807) is 0 Å². The molecule has 3 nitrogen and oxygen atoms in total. The Bertz CT molecular complexity index is 480. The molecule has 0 aliphatic heterocycles. The van der Waals surface area contributed by atoms with Crippen molar-refractivity contribution in [3.05, 3.63) is 0 Å². The highest BCUT2D eigenvalue weighted by molar-refractivity contribution is 5.10. The largest absolute Gasteiger partial charge is 0.393 e. The molecule has 0 spiro atoms. The molecule has 3 heteroatoms. The minimum atomic E-state index is -0.110. The Balaban J connectivity index is 1.67. The van der Waals surface area contributed by atoms with Crippen molar-refractivity contribution in [2.45, 2.75) is 77.4 Å². The molecule has 4 rings (SSSR count). The van der Waals surface area contributed by atoms with Crippen LogP contribution in [-0.2, 0) is 4.74 Å². The Hall–Kier alpha value is -0.120. The highest BCUT2D eigenvalue weighted by Crippen LogP contribution is 2.67. The number of hydrogen-bond acceptors (Lipinski definition) is 3. The molecule has 0 amide bonds. The van der Waals surface area contributed by atoms with Crippen LogP contribution in [-0.4, -0.2) is 36.1 Å². The molecular weight excluding hydrogens is 300 g/mol. The van der Waals surface area contributed by atoms with E-state index in [2.05, 4.69) is 13.8 Å². The molecule has 0 bridgehead atoms. The first-order chi connectivity index (χ1) is 11.4. The van der Waals surface area contributed by atoms with E-state index in [0.717, 1.165) is 37.7 Å². The van der Waals surface area contributed by atoms with Crippen molar-refractivity contribution < 1.29 is 14.9 Å². The summed E-state index contributed by atoms with van der Waals surface area (Å²) in [5, 5.41) is 20.9. The van der Waals surface area contributed by atoms with Gasteiger partial charge in [-0.1, -0.05) is 13.8 Å². The molecule has 0 aromatic rings. The van der Waals surface area contributed by atoms with Gasteiger partial charge in [-0.05, 0) is 91.8 Å². The number of hydrogen-bond donors (Lipinski definition) is 2. The smallest absolute Gasteiger partial charge is 0.0596 e.